The number of hydrogen-bond acceptors (Lipinski definition) is 2. The fourth-order valence-electron chi connectivity index (χ4n) is 2.62. The fourth-order valence-corrected chi connectivity index (χ4v) is 2.92. The van der Waals surface area contributed by atoms with Crippen LogP contribution in [0.3, 0.4) is 0 Å². The zero-order valence-corrected chi connectivity index (χ0v) is 11.2. The Morgan fingerprint density at radius 2 is 2.06 bits per heavy atom. The maximum absolute atomic E-state index is 13.0. The highest BCUT2D eigenvalue weighted by Gasteiger charge is 2.19. The highest BCUT2D eigenvalue weighted by atomic mass is 35.5. The minimum Gasteiger partial charge on any atom is -0.329 e. The van der Waals surface area contributed by atoms with Crippen molar-refractivity contribution in [2.45, 2.75) is 44.2 Å². The van der Waals surface area contributed by atoms with Gasteiger partial charge in [-0.05, 0) is 30.5 Å². The molecule has 0 heterocycles. The first kappa shape index (κ1) is 13.8. The monoisotopic (exact) mass is 270 g/mol. The van der Waals surface area contributed by atoms with E-state index in [2.05, 4.69) is 5.32 Å². The summed E-state index contributed by atoms with van der Waals surface area (Å²) in [6, 6.07) is 5.04. The standard InChI is InChI=1S/C14H20ClFN2/c15-13-8-10(16)6-7-12(13)14(9-17)18-11-4-2-1-3-5-11/h6-8,11,14,18H,1-5,9,17H2. The van der Waals surface area contributed by atoms with Gasteiger partial charge in [-0.3, -0.25) is 0 Å². The number of nitrogens with two attached hydrogens (primary N) is 1. The first-order valence-electron chi connectivity index (χ1n) is 6.62. The molecule has 0 bridgehead atoms. The van der Waals surface area contributed by atoms with Gasteiger partial charge in [-0.15, -0.1) is 0 Å². The van der Waals surface area contributed by atoms with E-state index in [0.717, 1.165) is 5.56 Å². The van der Waals surface area contributed by atoms with Crippen LogP contribution in [-0.4, -0.2) is 12.6 Å². The van der Waals surface area contributed by atoms with Crippen LogP contribution >= 0.6 is 11.6 Å². The summed E-state index contributed by atoms with van der Waals surface area (Å²) in [5, 5.41) is 4.00. The van der Waals surface area contributed by atoms with E-state index in [1.807, 2.05) is 0 Å². The molecule has 2 nitrogen and oxygen atoms in total. The molecule has 1 fully saturated rings. The van der Waals surface area contributed by atoms with Gasteiger partial charge in [0.25, 0.3) is 0 Å². The summed E-state index contributed by atoms with van der Waals surface area (Å²) in [7, 11) is 0. The molecular formula is C14H20ClFN2. The number of nitrogens with one attached hydrogen (secondary N) is 1. The number of rotatable bonds is 4. The molecule has 1 aliphatic rings. The van der Waals surface area contributed by atoms with Crippen LogP contribution in [0.4, 0.5) is 4.39 Å². The van der Waals surface area contributed by atoms with Crippen molar-refractivity contribution >= 4 is 11.6 Å². The summed E-state index contributed by atoms with van der Waals surface area (Å²) in [6.07, 6.45) is 6.24. The minimum atomic E-state index is -0.308. The smallest absolute Gasteiger partial charge is 0.124 e. The Hall–Kier alpha value is -0.640. The van der Waals surface area contributed by atoms with E-state index in [4.69, 9.17) is 17.3 Å². The molecule has 3 N–H and O–H groups in total. The summed E-state index contributed by atoms with van der Waals surface area (Å²) < 4.78 is 13.0. The molecule has 1 aliphatic carbocycles. The van der Waals surface area contributed by atoms with Crippen molar-refractivity contribution in [1.29, 1.82) is 0 Å². The maximum Gasteiger partial charge on any atom is 0.124 e. The molecule has 0 spiro atoms. The Morgan fingerprint density at radius 3 is 2.67 bits per heavy atom. The number of benzene rings is 1. The lowest BCUT2D eigenvalue weighted by molar-refractivity contribution is 0.340. The summed E-state index contributed by atoms with van der Waals surface area (Å²) in [4.78, 5) is 0. The van der Waals surface area contributed by atoms with E-state index in [1.165, 1.54) is 44.2 Å². The van der Waals surface area contributed by atoms with Crippen LogP contribution in [0.15, 0.2) is 18.2 Å². The Kier molecular flexibility index (Phi) is 4.98. The Labute approximate surface area is 113 Å². The third kappa shape index (κ3) is 3.44. The van der Waals surface area contributed by atoms with Crippen LogP contribution in [0.1, 0.15) is 43.7 Å². The normalized spacial score (nSPS) is 18.8. The zero-order chi connectivity index (χ0) is 13.0. The number of hydrogen-bond donors (Lipinski definition) is 2. The maximum atomic E-state index is 13.0. The van der Waals surface area contributed by atoms with Crippen LogP contribution in [0, 0.1) is 5.82 Å². The van der Waals surface area contributed by atoms with Gasteiger partial charge < -0.3 is 11.1 Å². The molecular weight excluding hydrogens is 251 g/mol. The largest absolute Gasteiger partial charge is 0.329 e. The first-order valence-corrected chi connectivity index (χ1v) is 6.99. The lowest BCUT2D eigenvalue weighted by atomic mass is 9.94. The number of halogens is 2. The molecule has 0 aromatic heterocycles. The van der Waals surface area contributed by atoms with E-state index in [1.54, 1.807) is 6.07 Å². The predicted molar refractivity (Wildman–Crippen MR) is 73.2 cm³/mol. The van der Waals surface area contributed by atoms with Gasteiger partial charge in [-0.1, -0.05) is 36.9 Å². The Morgan fingerprint density at radius 1 is 1.33 bits per heavy atom. The van der Waals surface area contributed by atoms with E-state index in [9.17, 15) is 4.39 Å². The van der Waals surface area contributed by atoms with Crippen molar-refractivity contribution in [3.63, 3.8) is 0 Å². The van der Waals surface area contributed by atoms with Gasteiger partial charge in [0.05, 0.1) is 0 Å². The molecule has 1 unspecified atom stereocenters. The van der Waals surface area contributed by atoms with Crippen molar-refractivity contribution in [3.05, 3.63) is 34.6 Å². The molecule has 1 atom stereocenters. The molecule has 4 heteroatoms. The second-order valence-corrected chi connectivity index (χ2v) is 5.36. The SMILES string of the molecule is NCC(NC1CCCCC1)c1ccc(F)cc1Cl. The molecule has 0 saturated heterocycles. The predicted octanol–water partition coefficient (Wildman–Crippen LogP) is 3.40. The summed E-state index contributed by atoms with van der Waals surface area (Å²) >= 11 is 6.09. The van der Waals surface area contributed by atoms with Gasteiger partial charge in [-0.25, -0.2) is 4.39 Å². The van der Waals surface area contributed by atoms with Gasteiger partial charge in [0.15, 0.2) is 0 Å². The van der Waals surface area contributed by atoms with Crippen LogP contribution < -0.4 is 11.1 Å². The topological polar surface area (TPSA) is 38.0 Å². The van der Waals surface area contributed by atoms with Gasteiger partial charge in [0, 0.05) is 23.7 Å². The van der Waals surface area contributed by atoms with Crippen molar-refractivity contribution in [2.75, 3.05) is 6.54 Å². The van der Waals surface area contributed by atoms with Gasteiger partial charge in [-0.2, -0.15) is 0 Å². The second kappa shape index (κ2) is 6.50. The minimum absolute atomic E-state index is 0.0150. The summed E-state index contributed by atoms with van der Waals surface area (Å²) in [5.74, 6) is -0.308. The van der Waals surface area contributed by atoms with E-state index in [0.29, 0.717) is 17.6 Å². The summed E-state index contributed by atoms with van der Waals surface area (Å²) in [6.45, 7) is 0.474. The molecule has 18 heavy (non-hydrogen) atoms. The van der Waals surface area contributed by atoms with Crippen LogP contribution in [0.25, 0.3) is 0 Å². The third-order valence-corrected chi connectivity index (χ3v) is 3.94. The third-order valence-electron chi connectivity index (χ3n) is 3.62. The highest BCUT2D eigenvalue weighted by molar-refractivity contribution is 6.31. The molecule has 0 amide bonds. The Bertz CT molecular complexity index is 391. The Balaban J connectivity index is 2.07. The van der Waals surface area contributed by atoms with Crippen molar-refractivity contribution in [1.82, 2.24) is 5.32 Å². The van der Waals surface area contributed by atoms with Crippen LogP contribution in [-0.2, 0) is 0 Å². The average molecular weight is 271 g/mol. The lowest BCUT2D eigenvalue weighted by Crippen LogP contribution is -2.38. The van der Waals surface area contributed by atoms with Gasteiger partial charge in [0.1, 0.15) is 5.82 Å². The quantitative estimate of drug-likeness (QED) is 0.880. The molecule has 0 radical (unpaired) electrons. The molecule has 1 aromatic carbocycles. The first-order chi connectivity index (χ1) is 8.70. The van der Waals surface area contributed by atoms with E-state index >= 15 is 0 Å². The molecule has 1 aromatic rings. The fraction of sp³-hybridized carbons (Fsp3) is 0.571. The molecule has 0 aliphatic heterocycles. The molecule has 100 valence electrons. The highest BCUT2D eigenvalue weighted by Crippen LogP contribution is 2.26. The molecule has 2 rings (SSSR count). The summed E-state index contributed by atoms with van der Waals surface area (Å²) in [5.41, 5.74) is 6.71. The van der Waals surface area contributed by atoms with Crippen molar-refractivity contribution in [2.24, 2.45) is 5.73 Å². The van der Waals surface area contributed by atoms with Gasteiger partial charge in [0.2, 0.25) is 0 Å². The van der Waals surface area contributed by atoms with Gasteiger partial charge >= 0.3 is 0 Å². The molecule has 1 saturated carbocycles. The van der Waals surface area contributed by atoms with Crippen LogP contribution in [0.5, 0.6) is 0 Å². The zero-order valence-electron chi connectivity index (χ0n) is 10.5. The van der Waals surface area contributed by atoms with Crippen molar-refractivity contribution < 1.29 is 4.39 Å². The van der Waals surface area contributed by atoms with Crippen molar-refractivity contribution in [3.8, 4) is 0 Å². The average Bonchev–Trinajstić information content (AvgIpc) is 2.38. The second-order valence-electron chi connectivity index (χ2n) is 4.96. The lowest BCUT2D eigenvalue weighted by Gasteiger charge is -2.28. The van der Waals surface area contributed by atoms with E-state index in [-0.39, 0.29) is 11.9 Å². The van der Waals surface area contributed by atoms with E-state index < -0.39 is 0 Å². The van der Waals surface area contributed by atoms with Crippen LogP contribution in [0.2, 0.25) is 5.02 Å².